The van der Waals surface area contributed by atoms with Gasteiger partial charge < -0.3 is 84.2 Å². The van der Waals surface area contributed by atoms with Crippen molar-refractivity contribution >= 4 is 142 Å². The number of aliphatic hydroxyl groups is 2. The summed E-state index contributed by atoms with van der Waals surface area (Å²) in [7, 11) is -0.556. The molecule has 7 aromatic rings. The molecule has 0 radical (unpaired) electrons. The van der Waals surface area contributed by atoms with E-state index >= 15 is 0 Å². The molecule has 0 bridgehead atoms. The fourth-order valence-corrected chi connectivity index (χ4v) is 14.7. The summed E-state index contributed by atoms with van der Waals surface area (Å²) in [4.78, 5) is 98.9. The molecule has 4 amide bonds. The number of nitrogens with zero attached hydrogens (tertiary/aromatic N) is 10. The second-order valence-electron chi connectivity index (χ2n) is 31.9. The Morgan fingerprint density at radius 3 is 1.42 bits per heavy atom. The van der Waals surface area contributed by atoms with Gasteiger partial charge in [0.1, 0.15) is 39.0 Å². The first-order valence-corrected chi connectivity index (χ1v) is 42.9. The molecule has 12 heterocycles. The Balaban J connectivity index is 0.000000236. The molecule has 0 unspecified atom stereocenters. The fourth-order valence-electron chi connectivity index (χ4n) is 13.2. The van der Waals surface area contributed by atoms with Gasteiger partial charge >= 0.3 is 37.7 Å². The van der Waals surface area contributed by atoms with Gasteiger partial charge in [-0.15, -0.1) is 0 Å². The van der Waals surface area contributed by atoms with Crippen molar-refractivity contribution < 1.29 is 85.2 Å². The van der Waals surface area contributed by atoms with Crippen LogP contribution in [-0.2, 0) is 58.7 Å². The number of pyridine rings is 5. The molecule has 0 aliphatic carbocycles. The number of hydrogen-bond acceptors (Lipinski definition) is 25. The van der Waals surface area contributed by atoms with E-state index in [0.29, 0.717) is 82.6 Å². The van der Waals surface area contributed by atoms with Gasteiger partial charge in [0, 0.05) is 147 Å². The Kier molecular flexibility index (Phi) is 43.0. The highest BCUT2D eigenvalue weighted by Gasteiger charge is 2.52. The lowest BCUT2D eigenvalue weighted by Gasteiger charge is -2.32. The Bertz CT molecular complexity index is 4550. The lowest BCUT2D eigenvalue weighted by molar-refractivity contribution is -0.193. The molecule has 7 fully saturated rings. The van der Waals surface area contributed by atoms with Crippen LogP contribution in [0.1, 0.15) is 122 Å². The number of piperazine rings is 1. The average Bonchev–Trinajstić information content (AvgIpc) is 1.75. The van der Waals surface area contributed by atoms with Gasteiger partial charge in [-0.25, -0.2) is 34.5 Å². The minimum Gasteiger partial charge on any atom is -0.410 e. The maximum atomic E-state index is 12.8. The highest BCUT2D eigenvalue weighted by atomic mass is 35.5. The highest BCUT2D eigenvalue weighted by Crippen LogP contribution is 2.39. The zero-order chi connectivity index (χ0) is 92.4. The number of anilines is 5. The van der Waals surface area contributed by atoms with Crippen molar-refractivity contribution in [1.82, 2.24) is 45.4 Å². The molecule has 5 aromatic heterocycles. The van der Waals surface area contributed by atoms with Crippen LogP contribution < -0.4 is 46.2 Å². The Morgan fingerprint density at radius 2 is 0.968 bits per heavy atom. The standard InChI is InChI=1S/C26H36N4O3.C20H28BF3N2O3.C12H17ClN2O2.C10H14ClN3.C6H3Cl2NO2.C6H5Cl2N.C4H9NO.2CO2/c1-5-19-8-9-30(17-19)25(31)27-21-7-6-18(2)22(16-21)20-14-23(26(3,4)32)28-24(15-20)29-10-12-33-13-11-29;1-13-6-7-15(10-16(13)21-28-18(2,3)19(4,5)29-21)25-17(27)26-9-8-14(12-26)11-20(22,23)24;1-12(2,16)10-7-9(13)8-11(14-10)15-3-5-17-6-4-15;1-8-6-9(11)7-10(13-8)14-4-2-12-3-5-14;7-4-1-5(8)9-6(2-4)11-3-10;1-4-2-5(7)3-6(8)9-4;1-3-6-4-2-5-1;2*2-1-3/h6-7,14-16,19,32H,5,8-13,17H2,1-4H3,(H,27,31);6-7,10,14H,8-9,11-12H2,1-5H3,(H,25,27);7-8,16H,3-6H2,1-2H3;6-7,12H,2-5H2,1H3;1-3H;2-3H,1H3;5H,1-4H2;;/t19-;14-;;;;;;;/m10......./s1. The third kappa shape index (κ3) is 36.3. The second kappa shape index (κ2) is 51.0. The number of ether oxygens (including phenoxy) is 4. The Hall–Kier alpha value is -8.41. The quantitative estimate of drug-likeness (QED) is 0.0355. The molecular formula is C86H112BCl6F3N14O15. The number of likely N-dealkylation sites (tertiary alicyclic amines) is 2. The first-order valence-electron chi connectivity index (χ1n) is 40.6. The van der Waals surface area contributed by atoms with Gasteiger partial charge in [-0.05, 0) is 209 Å². The number of alkyl halides is 3. The van der Waals surface area contributed by atoms with Crippen LogP contribution in [0.2, 0.25) is 30.4 Å². The fraction of sp³-hybridized carbons (Fsp3) is 0.512. The molecule has 0 saturated carbocycles. The Labute approximate surface area is 758 Å². The number of benzene rings is 2. The summed E-state index contributed by atoms with van der Waals surface area (Å²) < 4.78 is 70.1. The predicted molar refractivity (Wildman–Crippen MR) is 478 cm³/mol. The van der Waals surface area contributed by atoms with Crippen LogP contribution in [0.5, 0.6) is 5.88 Å². The van der Waals surface area contributed by atoms with Crippen LogP contribution in [-0.4, -0.2) is 232 Å². The number of amides is 4. The molecular weight excluding hydrogens is 1750 g/mol. The molecule has 2 aromatic carbocycles. The minimum absolute atomic E-state index is 0.0401. The van der Waals surface area contributed by atoms with E-state index in [1.54, 1.807) is 58.0 Å². The average molecular weight is 1860 g/mol. The van der Waals surface area contributed by atoms with E-state index in [0.717, 1.165) is 172 Å². The van der Waals surface area contributed by atoms with Crippen LogP contribution >= 0.6 is 69.6 Å². The highest BCUT2D eigenvalue weighted by molar-refractivity contribution is 6.62. The summed E-state index contributed by atoms with van der Waals surface area (Å²) in [6.45, 7) is 40.9. The second-order valence-corrected chi connectivity index (χ2v) is 34.4. The number of halogens is 9. The summed E-state index contributed by atoms with van der Waals surface area (Å²) in [5, 5.41) is 36.0. The van der Waals surface area contributed by atoms with Crippen LogP contribution in [0, 0.1) is 39.5 Å². The molecule has 7 aliphatic heterocycles. The largest absolute Gasteiger partial charge is 0.495 e. The summed E-state index contributed by atoms with van der Waals surface area (Å²) in [5.41, 5.74) is 6.23. The van der Waals surface area contributed by atoms with Crippen molar-refractivity contribution in [2.24, 2.45) is 11.8 Å². The van der Waals surface area contributed by atoms with Crippen molar-refractivity contribution in [3.05, 3.63) is 161 Å². The third-order valence-electron chi connectivity index (χ3n) is 20.6. The van der Waals surface area contributed by atoms with Crippen molar-refractivity contribution in [2.75, 3.05) is 157 Å². The number of rotatable bonds is 13. The normalized spacial score (nSPS) is 17.6. The molecule has 682 valence electrons. The summed E-state index contributed by atoms with van der Waals surface area (Å²) >= 11 is 34.3. The lowest BCUT2D eigenvalue weighted by atomic mass is 9.76. The van der Waals surface area contributed by atoms with E-state index in [9.17, 15) is 37.8 Å². The number of aromatic nitrogens is 5. The van der Waals surface area contributed by atoms with E-state index in [2.05, 4.69) is 80.6 Å². The molecule has 6 N–H and O–H groups in total. The van der Waals surface area contributed by atoms with Gasteiger partial charge in [0.15, 0.2) is 0 Å². The molecule has 0 spiro atoms. The zero-order valence-corrected chi connectivity index (χ0v) is 77.1. The van der Waals surface area contributed by atoms with Crippen molar-refractivity contribution in [2.45, 2.75) is 144 Å². The molecule has 29 nitrogen and oxygen atoms in total. The smallest absolute Gasteiger partial charge is 0.410 e. The van der Waals surface area contributed by atoms with Gasteiger partial charge in [-0.2, -0.15) is 32.3 Å². The van der Waals surface area contributed by atoms with E-state index in [4.69, 9.17) is 117 Å². The third-order valence-corrected chi connectivity index (χ3v) is 21.8. The van der Waals surface area contributed by atoms with Gasteiger partial charge in [0.2, 0.25) is 5.88 Å². The van der Waals surface area contributed by atoms with E-state index in [1.165, 1.54) is 17.0 Å². The molecule has 7 aliphatic rings. The first kappa shape index (κ1) is 105. The molecule has 125 heavy (non-hydrogen) atoms. The van der Waals surface area contributed by atoms with Gasteiger partial charge in [-0.1, -0.05) is 101 Å². The van der Waals surface area contributed by atoms with E-state index in [1.807, 2.05) is 102 Å². The number of hydrogen-bond donors (Lipinski definition) is 6. The maximum absolute atomic E-state index is 12.8. The van der Waals surface area contributed by atoms with Crippen LogP contribution in [0.4, 0.5) is 51.6 Å². The van der Waals surface area contributed by atoms with Crippen LogP contribution in [0.25, 0.3) is 11.1 Å². The van der Waals surface area contributed by atoms with Gasteiger partial charge in [-0.3, -0.25) is 4.79 Å². The number of carbonyl (C=O) groups excluding carboxylic acids is 7. The number of aryl methyl sites for hydroxylation is 4. The monoisotopic (exact) mass is 1860 g/mol. The van der Waals surface area contributed by atoms with Crippen LogP contribution in [0.3, 0.4) is 0 Å². The van der Waals surface area contributed by atoms with E-state index < -0.39 is 54.1 Å². The zero-order valence-electron chi connectivity index (χ0n) is 72.6. The minimum atomic E-state index is -4.20. The topological polar surface area (TPSA) is 344 Å². The maximum Gasteiger partial charge on any atom is 0.495 e. The lowest BCUT2D eigenvalue weighted by Crippen LogP contribution is -2.43. The number of carbonyl (C=O) groups is 3. The number of nitrogens with one attached hydrogen (secondary N) is 4. The summed E-state index contributed by atoms with van der Waals surface area (Å²) in [6, 6.07) is 28.6. The molecule has 14 rings (SSSR count). The van der Waals surface area contributed by atoms with Crippen molar-refractivity contribution in [3.8, 4) is 17.0 Å². The van der Waals surface area contributed by atoms with Crippen LogP contribution in [0.15, 0.2) is 97.1 Å². The Morgan fingerprint density at radius 1 is 0.544 bits per heavy atom. The van der Waals surface area contributed by atoms with Gasteiger partial charge in [0.05, 0.1) is 62.2 Å². The van der Waals surface area contributed by atoms with Crippen molar-refractivity contribution in [1.29, 1.82) is 0 Å². The molecule has 7 saturated heterocycles. The first-order chi connectivity index (χ1) is 59.0. The van der Waals surface area contributed by atoms with E-state index in [-0.39, 0.29) is 42.4 Å². The predicted octanol–water partition coefficient (Wildman–Crippen LogP) is 14.8. The number of morpholine rings is 3. The molecule has 2 atom stereocenters. The summed E-state index contributed by atoms with van der Waals surface area (Å²) in [5.74, 6) is 2.79. The SMILES string of the molecule is C1COCCN1.CC(C)(O)c1cc(Cl)cc(N2CCOCC2)n1.CC[C@@H]1CCN(C(=O)Nc2ccc(C)c(-c3cc(N4CCOCC4)nc(C(C)(C)O)c3)c2)C1.Cc1cc(Cl)cc(Cl)n1.Cc1cc(Cl)cc(N2CCNCC2)n1.Cc1ccc(NC(=O)N2CC[C@@H](CC(F)(F)F)C2)cc1B1OC(C)(C)C(C)(C)O1.O=C=O.O=C=O.O=COc1cc(Cl)cc(Cl)n1. The van der Waals surface area contributed by atoms with Crippen molar-refractivity contribution in [3.63, 3.8) is 0 Å². The van der Waals surface area contributed by atoms with Gasteiger partial charge in [0.25, 0.3) is 6.47 Å². The summed E-state index contributed by atoms with van der Waals surface area (Å²) in [6.07, 6.45) is -2.02. The number of urea groups is 2. The molecule has 39 heteroatoms.